The molecule has 1 heterocycles. The van der Waals surface area contributed by atoms with Crippen LogP contribution < -0.4 is 0 Å². The highest BCUT2D eigenvalue weighted by molar-refractivity contribution is 6.76. The molecule has 5 unspecified atom stereocenters. The second-order valence-electron chi connectivity index (χ2n) is 6.42. The van der Waals surface area contributed by atoms with Gasteiger partial charge in [-0.2, -0.15) is 0 Å². The number of methoxy groups -OCH3 is 2. The molecule has 1 saturated heterocycles. The van der Waals surface area contributed by atoms with E-state index in [-0.39, 0.29) is 6.29 Å². The summed E-state index contributed by atoms with van der Waals surface area (Å²) in [5, 5.41) is 0. The highest BCUT2D eigenvalue weighted by atomic mass is 28.4. The minimum absolute atomic E-state index is 0.230. The van der Waals surface area contributed by atoms with Gasteiger partial charge >= 0.3 is 0 Å². The molecule has 2 aliphatic rings. The Morgan fingerprint density at radius 3 is 2.45 bits per heavy atom. The van der Waals surface area contributed by atoms with Crippen molar-refractivity contribution in [2.75, 3.05) is 20.8 Å². The first-order chi connectivity index (χ1) is 9.57. The van der Waals surface area contributed by atoms with Crippen molar-refractivity contribution in [2.45, 2.75) is 75.7 Å². The molecule has 5 atom stereocenters. The molecule has 4 nitrogen and oxygen atoms in total. The Morgan fingerprint density at radius 2 is 1.95 bits per heavy atom. The quantitative estimate of drug-likeness (QED) is 0.392. The molecule has 1 aliphatic heterocycles. The van der Waals surface area contributed by atoms with Gasteiger partial charge in [-0.1, -0.05) is 20.8 Å². The lowest BCUT2D eigenvalue weighted by atomic mass is 10.0. The molecule has 2 rings (SSSR count). The summed E-state index contributed by atoms with van der Waals surface area (Å²) in [4.78, 5) is 0. The maximum atomic E-state index is 6.58. The van der Waals surface area contributed by atoms with Crippen LogP contribution >= 0.6 is 0 Å². The Balaban J connectivity index is 2.10. The average Bonchev–Trinajstić information content (AvgIpc) is 3.21. The zero-order valence-corrected chi connectivity index (χ0v) is 14.6. The average molecular weight is 302 g/mol. The van der Waals surface area contributed by atoms with Crippen LogP contribution in [-0.4, -0.2) is 47.6 Å². The molecule has 118 valence electrons. The maximum absolute atomic E-state index is 6.58. The molecule has 0 aromatic heterocycles. The van der Waals surface area contributed by atoms with Crippen LogP contribution in [0, 0.1) is 0 Å². The molecule has 0 N–H and O–H groups in total. The highest BCUT2D eigenvalue weighted by Crippen LogP contribution is 2.51. The maximum Gasteiger partial charge on any atom is 0.201 e. The van der Waals surface area contributed by atoms with Crippen LogP contribution in [0.1, 0.15) is 40.0 Å². The van der Waals surface area contributed by atoms with E-state index < -0.39 is 8.32 Å². The lowest BCUT2D eigenvalue weighted by Crippen LogP contribution is -2.50. The minimum Gasteiger partial charge on any atom is -0.390 e. The predicted molar refractivity (Wildman–Crippen MR) is 81.4 cm³/mol. The molecular weight excluding hydrogens is 272 g/mol. The third-order valence-corrected chi connectivity index (χ3v) is 10.8. The summed E-state index contributed by atoms with van der Waals surface area (Å²) in [6, 6.07) is 1.14. The molecule has 0 radical (unpaired) electrons. The van der Waals surface area contributed by atoms with Gasteiger partial charge in [-0.05, 0) is 36.4 Å². The SMILES string of the molecule is CC[Si](OC(COC)OC)(C(C)C)C1CCC2OC2C1. The molecule has 0 amide bonds. The third-order valence-electron chi connectivity index (χ3n) is 5.14. The van der Waals surface area contributed by atoms with Crippen molar-refractivity contribution < 1.29 is 18.6 Å². The van der Waals surface area contributed by atoms with Gasteiger partial charge in [0.2, 0.25) is 8.32 Å². The van der Waals surface area contributed by atoms with E-state index >= 15 is 0 Å². The topological polar surface area (TPSA) is 40.2 Å². The summed E-state index contributed by atoms with van der Waals surface area (Å²) in [7, 11) is 1.54. The van der Waals surface area contributed by atoms with Crippen LogP contribution in [0.4, 0.5) is 0 Å². The summed E-state index contributed by atoms with van der Waals surface area (Å²) in [6.07, 6.45) is 4.49. The van der Waals surface area contributed by atoms with Gasteiger partial charge in [-0.15, -0.1) is 0 Å². The fourth-order valence-corrected chi connectivity index (χ4v) is 8.77. The summed E-state index contributed by atoms with van der Waals surface area (Å²) in [6.45, 7) is 7.42. The molecule has 0 bridgehead atoms. The van der Waals surface area contributed by atoms with Crippen LogP contribution in [0.15, 0.2) is 0 Å². The van der Waals surface area contributed by atoms with Gasteiger partial charge in [0.25, 0.3) is 0 Å². The van der Waals surface area contributed by atoms with Crippen LogP contribution in [0.5, 0.6) is 0 Å². The van der Waals surface area contributed by atoms with Crippen molar-refractivity contribution in [3.8, 4) is 0 Å². The van der Waals surface area contributed by atoms with Crippen molar-refractivity contribution in [3.63, 3.8) is 0 Å². The molecule has 5 heteroatoms. The van der Waals surface area contributed by atoms with E-state index in [0.717, 1.165) is 6.04 Å². The van der Waals surface area contributed by atoms with Gasteiger partial charge < -0.3 is 18.6 Å². The number of rotatable bonds is 8. The molecule has 2 fully saturated rings. The number of ether oxygens (including phenoxy) is 3. The summed E-state index contributed by atoms with van der Waals surface area (Å²) in [5.41, 5.74) is 1.27. The van der Waals surface area contributed by atoms with Crippen LogP contribution in [0.3, 0.4) is 0 Å². The van der Waals surface area contributed by atoms with E-state index in [1.807, 2.05) is 0 Å². The molecule has 0 aromatic rings. The second-order valence-corrected chi connectivity index (χ2v) is 11.2. The fraction of sp³-hybridized carbons (Fsp3) is 1.00. The largest absolute Gasteiger partial charge is 0.390 e. The summed E-state index contributed by atoms with van der Waals surface area (Å²) >= 11 is 0. The van der Waals surface area contributed by atoms with Crippen molar-refractivity contribution in [2.24, 2.45) is 0 Å². The Kier molecular flexibility index (Phi) is 5.65. The molecule has 20 heavy (non-hydrogen) atoms. The Hall–Kier alpha value is 0.0569. The Labute approximate surface area is 124 Å². The van der Waals surface area contributed by atoms with Crippen LogP contribution in [0.25, 0.3) is 0 Å². The molecule has 1 aliphatic carbocycles. The van der Waals surface area contributed by atoms with Gasteiger partial charge in [0, 0.05) is 14.2 Å². The molecule has 0 aromatic carbocycles. The lowest BCUT2D eigenvalue weighted by molar-refractivity contribution is -0.102. The van der Waals surface area contributed by atoms with Crippen molar-refractivity contribution in [1.82, 2.24) is 0 Å². The number of epoxide rings is 1. The molecule has 0 spiro atoms. The zero-order valence-electron chi connectivity index (χ0n) is 13.6. The number of fused-ring (bicyclic) bond motifs is 1. The number of hydrogen-bond donors (Lipinski definition) is 0. The van der Waals surface area contributed by atoms with E-state index in [0.29, 0.717) is 29.9 Å². The van der Waals surface area contributed by atoms with E-state index in [2.05, 4.69) is 20.8 Å². The lowest BCUT2D eigenvalue weighted by Gasteiger charge is -2.43. The van der Waals surface area contributed by atoms with E-state index in [9.17, 15) is 0 Å². The van der Waals surface area contributed by atoms with Gasteiger partial charge in [0.15, 0.2) is 6.29 Å². The zero-order chi connectivity index (χ0) is 14.8. The van der Waals surface area contributed by atoms with E-state index in [1.54, 1.807) is 14.2 Å². The first-order valence-electron chi connectivity index (χ1n) is 7.92. The fourth-order valence-electron chi connectivity index (χ4n) is 3.86. The van der Waals surface area contributed by atoms with E-state index in [1.165, 1.54) is 19.3 Å². The Bertz CT molecular complexity index is 312. The summed E-state index contributed by atoms with van der Waals surface area (Å²) in [5.74, 6) is 0. The highest BCUT2D eigenvalue weighted by Gasteiger charge is 2.53. The number of hydrogen-bond acceptors (Lipinski definition) is 4. The first-order valence-corrected chi connectivity index (χ1v) is 10.2. The smallest absolute Gasteiger partial charge is 0.201 e. The monoisotopic (exact) mass is 302 g/mol. The van der Waals surface area contributed by atoms with E-state index in [4.69, 9.17) is 18.6 Å². The van der Waals surface area contributed by atoms with Gasteiger partial charge in [-0.25, -0.2) is 0 Å². The Morgan fingerprint density at radius 1 is 1.20 bits per heavy atom. The van der Waals surface area contributed by atoms with Gasteiger partial charge in [-0.3, -0.25) is 0 Å². The standard InChI is InChI=1S/C15H30O4Si/c1-6-20(11(2)3,19-15(17-5)10-16-4)12-7-8-13-14(9-12)18-13/h11-15H,6-10H2,1-5H3. The van der Waals surface area contributed by atoms with Gasteiger partial charge in [0.05, 0.1) is 18.8 Å². The normalized spacial score (nSPS) is 33.6. The van der Waals surface area contributed by atoms with Crippen molar-refractivity contribution in [3.05, 3.63) is 0 Å². The predicted octanol–water partition coefficient (Wildman–Crippen LogP) is 3.32. The van der Waals surface area contributed by atoms with Crippen LogP contribution in [0.2, 0.25) is 17.1 Å². The molecular formula is C15H30O4Si. The van der Waals surface area contributed by atoms with Gasteiger partial charge in [0.1, 0.15) is 0 Å². The first kappa shape index (κ1) is 16.4. The minimum atomic E-state index is -1.87. The summed E-state index contributed by atoms with van der Waals surface area (Å²) < 4.78 is 23.0. The van der Waals surface area contributed by atoms with Crippen molar-refractivity contribution >= 4 is 8.32 Å². The third kappa shape index (κ3) is 3.27. The van der Waals surface area contributed by atoms with Crippen LogP contribution in [-0.2, 0) is 18.6 Å². The van der Waals surface area contributed by atoms with Crippen molar-refractivity contribution in [1.29, 1.82) is 0 Å². The second kappa shape index (κ2) is 6.88. The molecule has 1 saturated carbocycles.